The van der Waals surface area contributed by atoms with E-state index in [9.17, 15) is 4.79 Å². The second-order valence-electron chi connectivity index (χ2n) is 4.57. The second-order valence-corrected chi connectivity index (χ2v) is 4.57. The Morgan fingerprint density at radius 2 is 1.80 bits per heavy atom. The Bertz CT molecular complexity index is 569. The molecule has 104 valence electrons. The summed E-state index contributed by atoms with van der Waals surface area (Å²) in [6.45, 7) is 0.481. The Labute approximate surface area is 117 Å². The Morgan fingerprint density at radius 1 is 1.10 bits per heavy atom. The fourth-order valence-electron chi connectivity index (χ4n) is 1.84. The summed E-state index contributed by atoms with van der Waals surface area (Å²) in [4.78, 5) is 10.7. The summed E-state index contributed by atoms with van der Waals surface area (Å²) in [5, 5.41) is 8.81. The number of nitrogens with two attached hydrogens (primary N) is 1. The maximum atomic E-state index is 10.7. The topological polar surface area (TPSA) is 72.5 Å². The summed E-state index contributed by atoms with van der Waals surface area (Å²) in [7, 11) is 0. The van der Waals surface area contributed by atoms with Crippen LogP contribution in [0.5, 0.6) is 5.75 Å². The lowest BCUT2D eigenvalue weighted by Crippen LogP contribution is -2.32. The summed E-state index contributed by atoms with van der Waals surface area (Å²) >= 11 is 0. The first kappa shape index (κ1) is 14.1. The molecular weight excluding hydrogens is 254 g/mol. The Balaban J connectivity index is 1.97. The van der Waals surface area contributed by atoms with Gasteiger partial charge in [-0.25, -0.2) is 0 Å². The molecule has 3 N–H and O–H groups in total. The molecule has 0 aliphatic rings. The van der Waals surface area contributed by atoms with E-state index >= 15 is 0 Å². The average molecular weight is 271 g/mol. The summed E-state index contributed by atoms with van der Waals surface area (Å²) < 4.78 is 5.69. The lowest BCUT2D eigenvalue weighted by molar-refractivity contribution is -0.138. The van der Waals surface area contributed by atoms with Crippen LogP contribution >= 0.6 is 0 Å². The SMILES string of the molecule is N[C@H](Cc1cccc(OCc2ccccc2)c1)C(=O)O. The van der Waals surface area contributed by atoms with Gasteiger partial charge >= 0.3 is 5.97 Å². The molecule has 0 spiro atoms. The van der Waals surface area contributed by atoms with Crippen LogP contribution in [0.2, 0.25) is 0 Å². The van der Waals surface area contributed by atoms with Gasteiger partial charge in [0.05, 0.1) is 0 Å². The summed E-state index contributed by atoms with van der Waals surface area (Å²) in [5.41, 5.74) is 7.46. The van der Waals surface area contributed by atoms with Crippen molar-refractivity contribution in [3.05, 3.63) is 65.7 Å². The summed E-state index contributed by atoms with van der Waals surface area (Å²) in [5.74, 6) is -0.287. The molecule has 4 heteroatoms. The predicted molar refractivity (Wildman–Crippen MR) is 76.5 cm³/mol. The zero-order chi connectivity index (χ0) is 14.4. The van der Waals surface area contributed by atoms with E-state index in [0.717, 1.165) is 11.1 Å². The van der Waals surface area contributed by atoms with Gasteiger partial charge in [0.2, 0.25) is 0 Å². The third-order valence-electron chi connectivity index (χ3n) is 2.92. The molecule has 2 aromatic rings. The van der Waals surface area contributed by atoms with Crippen LogP contribution in [0.1, 0.15) is 11.1 Å². The molecule has 0 amide bonds. The van der Waals surface area contributed by atoms with Crippen molar-refractivity contribution in [2.24, 2.45) is 5.73 Å². The van der Waals surface area contributed by atoms with Crippen LogP contribution in [0.3, 0.4) is 0 Å². The van der Waals surface area contributed by atoms with Crippen LogP contribution in [-0.4, -0.2) is 17.1 Å². The minimum Gasteiger partial charge on any atom is -0.489 e. The zero-order valence-corrected chi connectivity index (χ0v) is 11.0. The number of rotatable bonds is 6. The van der Waals surface area contributed by atoms with Gasteiger partial charge in [0.15, 0.2) is 0 Å². The third-order valence-corrected chi connectivity index (χ3v) is 2.92. The van der Waals surface area contributed by atoms with Crippen LogP contribution in [0.4, 0.5) is 0 Å². The maximum Gasteiger partial charge on any atom is 0.320 e. The van der Waals surface area contributed by atoms with Crippen LogP contribution in [0, 0.1) is 0 Å². The molecule has 0 unspecified atom stereocenters. The number of ether oxygens (including phenoxy) is 1. The van der Waals surface area contributed by atoms with Gasteiger partial charge in [-0.2, -0.15) is 0 Å². The van der Waals surface area contributed by atoms with Crippen molar-refractivity contribution in [2.45, 2.75) is 19.1 Å². The Hall–Kier alpha value is -2.33. The number of carboxylic acid groups (broad SMARTS) is 1. The molecule has 0 radical (unpaired) electrons. The fourth-order valence-corrected chi connectivity index (χ4v) is 1.84. The quantitative estimate of drug-likeness (QED) is 0.845. The van der Waals surface area contributed by atoms with Crippen molar-refractivity contribution >= 4 is 5.97 Å². The van der Waals surface area contributed by atoms with E-state index in [-0.39, 0.29) is 6.42 Å². The molecule has 0 aliphatic heterocycles. The van der Waals surface area contributed by atoms with Crippen molar-refractivity contribution in [3.8, 4) is 5.75 Å². The van der Waals surface area contributed by atoms with Crippen molar-refractivity contribution in [2.75, 3.05) is 0 Å². The van der Waals surface area contributed by atoms with Crippen LogP contribution < -0.4 is 10.5 Å². The first-order valence-corrected chi connectivity index (χ1v) is 6.39. The van der Waals surface area contributed by atoms with E-state index in [4.69, 9.17) is 15.6 Å². The van der Waals surface area contributed by atoms with Gasteiger partial charge in [-0.1, -0.05) is 42.5 Å². The minimum absolute atomic E-state index is 0.290. The summed E-state index contributed by atoms with van der Waals surface area (Å²) in [6, 6.07) is 16.3. The van der Waals surface area contributed by atoms with Gasteiger partial charge in [0, 0.05) is 0 Å². The van der Waals surface area contributed by atoms with Gasteiger partial charge in [0.25, 0.3) is 0 Å². The highest BCUT2D eigenvalue weighted by atomic mass is 16.5. The van der Waals surface area contributed by atoms with Crippen molar-refractivity contribution in [1.82, 2.24) is 0 Å². The smallest absolute Gasteiger partial charge is 0.320 e. The second kappa shape index (κ2) is 6.73. The highest BCUT2D eigenvalue weighted by Crippen LogP contribution is 2.16. The molecule has 0 heterocycles. The molecule has 20 heavy (non-hydrogen) atoms. The molecule has 0 saturated carbocycles. The van der Waals surface area contributed by atoms with Gasteiger partial charge in [-0.15, -0.1) is 0 Å². The van der Waals surface area contributed by atoms with E-state index in [0.29, 0.717) is 12.4 Å². The summed E-state index contributed by atoms with van der Waals surface area (Å²) in [6.07, 6.45) is 0.290. The molecule has 0 aromatic heterocycles. The third kappa shape index (κ3) is 4.10. The molecule has 2 aromatic carbocycles. The first-order chi connectivity index (χ1) is 9.65. The van der Waals surface area contributed by atoms with E-state index < -0.39 is 12.0 Å². The molecular formula is C16H17NO3. The number of carboxylic acids is 1. The highest BCUT2D eigenvalue weighted by molar-refractivity contribution is 5.73. The van der Waals surface area contributed by atoms with Gasteiger partial charge in [-0.3, -0.25) is 4.79 Å². The molecule has 1 atom stereocenters. The van der Waals surface area contributed by atoms with E-state index in [2.05, 4.69) is 0 Å². The number of benzene rings is 2. The predicted octanol–water partition coefficient (Wildman–Crippen LogP) is 2.22. The van der Waals surface area contributed by atoms with Crippen molar-refractivity contribution in [1.29, 1.82) is 0 Å². The maximum absolute atomic E-state index is 10.7. The number of carbonyl (C=O) groups is 1. The van der Waals surface area contributed by atoms with Crippen molar-refractivity contribution in [3.63, 3.8) is 0 Å². The van der Waals surface area contributed by atoms with Crippen LogP contribution in [-0.2, 0) is 17.8 Å². The van der Waals surface area contributed by atoms with Gasteiger partial charge < -0.3 is 15.6 Å². The van der Waals surface area contributed by atoms with Gasteiger partial charge in [-0.05, 0) is 29.7 Å². The largest absolute Gasteiger partial charge is 0.489 e. The number of hydrogen-bond donors (Lipinski definition) is 2. The lowest BCUT2D eigenvalue weighted by Gasteiger charge is -2.10. The van der Waals surface area contributed by atoms with Crippen LogP contribution in [0.15, 0.2) is 54.6 Å². The number of hydrogen-bond acceptors (Lipinski definition) is 3. The molecule has 0 bridgehead atoms. The monoisotopic (exact) mass is 271 g/mol. The average Bonchev–Trinajstić information content (AvgIpc) is 2.46. The Kier molecular flexibility index (Phi) is 4.74. The van der Waals surface area contributed by atoms with E-state index in [1.807, 2.05) is 54.6 Å². The molecule has 2 rings (SSSR count). The molecule has 4 nitrogen and oxygen atoms in total. The minimum atomic E-state index is -0.999. The lowest BCUT2D eigenvalue weighted by atomic mass is 10.1. The normalized spacial score (nSPS) is 11.8. The van der Waals surface area contributed by atoms with Gasteiger partial charge in [0.1, 0.15) is 18.4 Å². The standard InChI is InChI=1S/C16H17NO3/c17-15(16(18)19)10-13-7-4-8-14(9-13)20-11-12-5-2-1-3-6-12/h1-9,15H,10-11,17H2,(H,18,19)/t15-/m1/s1. The zero-order valence-electron chi connectivity index (χ0n) is 11.0. The van der Waals surface area contributed by atoms with Crippen molar-refractivity contribution < 1.29 is 14.6 Å². The first-order valence-electron chi connectivity index (χ1n) is 6.39. The number of aliphatic carboxylic acids is 1. The van der Waals surface area contributed by atoms with E-state index in [1.54, 1.807) is 0 Å². The molecule has 0 aliphatic carbocycles. The highest BCUT2D eigenvalue weighted by Gasteiger charge is 2.12. The fraction of sp³-hybridized carbons (Fsp3) is 0.188. The van der Waals surface area contributed by atoms with E-state index in [1.165, 1.54) is 0 Å². The Morgan fingerprint density at radius 3 is 2.50 bits per heavy atom. The van der Waals surface area contributed by atoms with Crippen LogP contribution in [0.25, 0.3) is 0 Å². The molecule has 0 fully saturated rings. The molecule has 0 saturated heterocycles.